The third kappa shape index (κ3) is 10.4. The molecule has 1 heterocycles. The first kappa shape index (κ1) is 35.7. The van der Waals surface area contributed by atoms with Crippen LogP contribution in [0.2, 0.25) is 0 Å². The first-order chi connectivity index (χ1) is 22.4. The molecule has 0 bridgehead atoms. The monoisotopic (exact) mass is 656 g/mol. The SMILES string of the molecule is COC(=O)C[C@@H](NC(=O)OC(C)(C)C)C(=O)N1CCC[C@H]1C(=O)N[C@@H](C(=O)NC(C(=O)OCc1ccccc1)C1CC1)C1CCCC1. The molecule has 3 fully saturated rings. The van der Waals surface area contributed by atoms with Crippen LogP contribution >= 0.6 is 0 Å². The number of methoxy groups -OCH3 is 1. The summed E-state index contributed by atoms with van der Waals surface area (Å²) in [7, 11) is 1.18. The third-order valence-electron chi connectivity index (χ3n) is 8.75. The van der Waals surface area contributed by atoms with Crippen LogP contribution in [0.5, 0.6) is 0 Å². The number of hydrogen-bond acceptors (Lipinski definition) is 9. The van der Waals surface area contributed by atoms with Gasteiger partial charge >= 0.3 is 18.0 Å². The van der Waals surface area contributed by atoms with Gasteiger partial charge in [0.2, 0.25) is 17.7 Å². The maximum Gasteiger partial charge on any atom is 0.408 e. The number of esters is 2. The molecule has 3 aliphatic rings. The summed E-state index contributed by atoms with van der Waals surface area (Å²) in [5.74, 6) is -2.99. The Morgan fingerprint density at radius 2 is 1.51 bits per heavy atom. The molecule has 1 aromatic rings. The predicted molar refractivity (Wildman–Crippen MR) is 169 cm³/mol. The van der Waals surface area contributed by atoms with Crippen molar-refractivity contribution in [3.8, 4) is 0 Å². The van der Waals surface area contributed by atoms with E-state index in [-0.39, 0.29) is 25.0 Å². The van der Waals surface area contributed by atoms with Crippen molar-refractivity contribution in [3.05, 3.63) is 35.9 Å². The zero-order valence-electron chi connectivity index (χ0n) is 27.8. The van der Waals surface area contributed by atoms with Gasteiger partial charge in [-0.3, -0.25) is 19.2 Å². The Morgan fingerprint density at radius 3 is 2.13 bits per heavy atom. The van der Waals surface area contributed by atoms with Gasteiger partial charge < -0.3 is 35.1 Å². The van der Waals surface area contributed by atoms with E-state index in [2.05, 4.69) is 16.0 Å². The Morgan fingerprint density at radius 1 is 0.851 bits per heavy atom. The van der Waals surface area contributed by atoms with E-state index >= 15 is 0 Å². The number of hydrogen-bond donors (Lipinski definition) is 3. The minimum atomic E-state index is -1.32. The average Bonchev–Trinajstić information content (AvgIpc) is 3.49. The van der Waals surface area contributed by atoms with Crippen molar-refractivity contribution in [1.29, 1.82) is 0 Å². The van der Waals surface area contributed by atoms with Gasteiger partial charge in [0.05, 0.1) is 13.5 Å². The van der Waals surface area contributed by atoms with Gasteiger partial charge in [0.15, 0.2) is 0 Å². The van der Waals surface area contributed by atoms with Gasteiger partial charge in [0, 0.05) is 6.54 Å². The van der Waals surface area contributed by atoms with E-state index in [1.807, 2.05) is 30.3 Å². The standard InChI is InChI=1S/C34H48N4O9/c1-34(2,3)47-33(44)35-24(19-26(39)45-4)31(42)38-18-10-15-25(38)29(40)36-27(22-13-8-9-14-22)30(41)37-28(23-16-17-23)32(43)46-20-21-11-6-5-7-12-21/h5-7,11-12,22-25,27-28H,8-10,13-20H2,1-4H3,(H,35,44)(H,36,40)(H,37,41)/t24-,25+,27-,28?/m1/s1. The number of benzene rings is 1. The van der Waals surface area contributed by atoms with Gasteiger partial charge in [0.25, 0.3) is 0 Å². The number of alkyl carbamates (subject to hydrolysis) is 1. The van der Waals surface area contributed by atoms with Gasteiger partial charge in [-0.15, -0.1) is 0 Å². The van der Waals surface area contributed by atoms with Crippen molar-refractivity contribution in [3.63, 3.8) is 0 Å². The summed E-state index contributed by atoms with van der Waals surface area (Å²) in [5.41, 5.74) is -0.00462. The Hall–Kier alpha value is -4.16. The zero-order valence-corrected chi connectivity index (χ0v) is 27.8. The lowest BCUT2D eigenvalue weighted by atomic mass is 9.96. The topological polar surface area (TPSA) is 169 Å². The Kier molecular flexibility index (Phi) is 12.2. The fourth-order valence-corrected chi connectivity index (χ4v) is 6.20. The number of ether oxygens (including phenoxy) is 3. The maximum absolute atomic E-state index is 13.8. The molecule has 4 amide bonds. The molecule has 0 radical (unpaired) electrons. The van der Waals surface area contributed by atoms with Crippen LogP contribution in [-0.2, 0) is 44.8 Å². The number of carbonyl (C=O) groups is 6. The number of amides is 4. The highest BCUT2D eigenvalue weighted by Gasteiger charge is 2.44. The highest BCUT2D eigenvalue weighted by Crippen LogP contribution is 2.34. The van der Waals surface area contributed by atoms with Crippen molar-refractivity contribution in [2.24, 2.45) is 11.8 Å². The molecule has 13 heteroatoms. The van der Waals surface area contributed by atoms with Gasteiger partial charge in [-0.05, 0) is 76.7 Å². The molecule has 2 aliphatic carbocycles. The molecule has 1 saturated heterocycles. The summed E-state index contributed by atoms with van der Waals surface area (Å²) in [6.45, 7) is 5.32. The van der Waals surface area contributed by atoms with Crippen molar-refractivity contribution in [1.82, 2.24) is 20.9 Å². The summed E-state index contributed by atoms with van der Waals surface area (Å²) < 4.78 is 15.6. The van der Waals surface area contributed by atoms with Gasteiger partial charge in [-0.2, -0.15) is 0 Å². The van der Waals surface area contributed by atoms with Crippen LogP contribution in [0.1, 0.15) is 84.1 Å². The normalized spacial score (nSPS) is 20.0. The Labute approximate surface area is 275 Å². The molecule has 0 aromatic heterocycles. The lowest BCUT2D eigenvalue weighted by molar-refractivity contribution is -0.150. The summed E-state index contributed by atoms with van der Waals surface area (Å²) in [4.78, 5) is 80.4. The quantitative estimate of drug-likeness (QED) is 0.214. The largest absolute Gasteiger partial charge is 0.469 e. The molecule has 4 atom stereocenters. The third-order valence-corrected chi connectivity index (χ3v) is 8.75. The highest BCUT2D eigenvalue weighted by molar-refractivity contribution is 5.96. The van der Waals surface area contributed by atoms with Crippen molar-refractivity contribution in [2.75, 3.05) is 13.7 Å². The summed E-state index contributed by atoms with van der Waals surface area (Å²) in [6, 6.07) is 5.32. The van der Waals surface area contributed by atoms with Crippen molar-refractivity contribution in [2.45, 2.75) is 115 Å². The molecule has 1 aromatic carbocycles. The molecule has 13 nitrogen and oxygen atoms in total. The second-order valence-corrected chi connectivity index (χ2v) is 13.6. The molecule has 0 spiro atoms. The number of carbonyl (C=O) groups excluding carboxylic acids is 6. The molecule has 2 saturated carbocycles. The average molecular weight is 657 g/mol. The number of likely N-dealkylation sites (tertiary alicyclic amines) is 1. The smallest absolute Gasteiger partial charge is 0.408 e. The van der Waals surface area contributed by atoms with Crippen molar-refractivity contribution >= 4 is 35.8 Å². The summed E-state index contributed by atoms with van der Waals surface area (Å²) in [6.07, 6.45) is 4.39. The molecular weight excluding hydrogens is 608 g/mol. The predicted octanol–water partition coefficient (Wildman–Crippen LogP) is 2.75. The van der Waals surface area contributed by atoms with E-state index in [1.54, 1.807) is 20.8 Å². The molecule has 3 N–H and O–H groups in total. The van der Waals surface area contributed by atoms with Gasteiger partial charge in [-0.25, -0.2) is 9.59 Å². The van der Waals surface area contributed by atoms with E-state index < -0.39 is 71.9 Å². The lowest BCUT2D eigenvalue weighted by Gasteiger charge is -2.31. The maximum atomic E-state index is 13.8. The number of nitrogens with one attached hydrogen (secondary N) is 3. The van der Waals surface area contributed by atoms with Crippen LogP contribution in [0.25, 0.3) is 0 Å². The van der Waals surface area contributed by atoms with Crippen LogP contribution in [0, 0.1) is 11.8 Å². The van der Waals surface area contributed by atoms with E-state index in [0.29, 0.717) is 12.8 Å². The lowest BCUT2D eigenvalue weighted by Crippen LogP contribution is -2.59. The minimum Gasteiger partial charge on any atom is -0.469 e. The first-order valence-corrected chi connectivity index (χ1v) is 16.5. The van der Waals surface area contributed by atoms with E-state index in [9.17, 15) is 28.8 Å². The van der Waals surface area contributed by atoms with Crippen LogP contribution < -0.4 is 16.0 Å². The van der Waals surface area contributed by atoms with Gasteiger partial charge in [-0.1, -0.05) is 43.2 Å². The van der Waals surface area contributed by atoms with Gasteiger partial charge in [0.1, 0.15) is 36.4 Å². The van der Waals surface area contributed by atoms with E-state index in [4.69, 9.17) is 14.2 Å². The zero-order chi connectivity index (χ0) is 34.1. The molecule has 258 valence electrons. The second kappa shape index (κ2) is 16.1. The Balaban J connectivity index is 1.44. The fraction of sp³-hybridized carbons (Fsp3) is 0.647. The fourth-order valence-electron chi connectivity index (χ4n) is 6.20. The van der Waals surface area contributed by atoms with Crippen LogP contribution in [-0.4, -0.2) is 84.1 Å². The molecular formula is C34H48N4O9. The van der Waals surface area contributed by atoms with E-state index in [0.717, 1.165) is 44.1 Å². The molecule has 4 rings (SSSR count). The highest BCUT2D eigenvalue weighted by atomic mass is 16.6. The molecule has 1 unspecified atom stereocenters. The molecule has 1 aliphatic heterocycles. The van der Waals surface area contributed by atoms with Crippen molar-refractivity contribution < 1.29 is 43.0 Å². The second-order valence-electron chi connectivity index (χ2n) is 13.6. The first-order valence-electron chi connectivity index (χ1n) is 16.5. The van der Waals surface area contributed by atoms with Crippen LogP contribution in [0.15, 0.2) is 30.3 Å². The Bertz CT molecular complexity index is 1290. The summed E-state index contributed by atoms with van der Waals surface area (Å²) in [5, 5.41) is 8.25. The number of nitrogens with zero attached hydrogens (tertiary/aromatic N) is 1. The van der Waals surface area contributed by atoms with Crippen LogP contribution in [0.4, 0.5) is 4.79 Å². The van der Waals surface area contributed by atoms with Crippen LogP contribution in [0.3, 0.4) is 0 Å². The minimum absolute atomic E-state index is 0.0330. The van der Waals surface area contributed by atoms with E-state index in [1.165, 1.54) is 12.0 Å². The molecule has 47 heavy (non-hydrogen) atoms. The number of rotatable bonds is 13. The summed E-state index contributed by atoms with van der Waals surface area (Å²) >= 11 is 0.